The number of carbonyl (C=O) groups excluding carboxylic acids is 1. The molecule has 2 aliphatic carbocycles. The highest BCUT2D eigenvalue weighted by molar-refractivity contribution is 5.69. The Morgan fingerprint density at radius 2 is 1.85 bits per heavy atom. The highest BCUT2D eigenvalue weighted by Gasteiger charge is 2.54. The summed E-state index contributed by atoms with van der Waals surface area (Å²) in [7, 11) is 0. The quantitative estimate of drug-likeness (QED) is 0.643. The van der Waals surface area contributed by atoms with Gasteiger partial charge in [0.25, 0.3) is 0 Å². The predicted octanol–water partition coefficient (Wildman–Crippen LogP) is 5.25. The van der Waals surface area contributed by atoms with Crippen molar-refractivity contribution in [3.63, 3.8) is 0 Å². The number of hydrogen-bond acceptors (Lipinski definition) is 2. The van der Waals surface area contributed by atoms with E-state index in [-0.39, 0.29) is 17.0 Å². The molecule has 20 heavy (non-hydrogen) atoms. The molecule has 2 rings (SSSR count). The van der Waals surface area contributed by atoms with Gasteiger partial charge in [0.2, 0.25) is 0 Å². The molecule has 0 radical (unpaired) electrons. The Balaban J connectivity index is 2.27. The van der Waals surface area contributed by atoms with Crippen molar-refractivity contribution in [2.45, 2.75) is 97.0 Å². The minimum Gasteiger partial charge on any atom is -0.458 e. The standard InChI is InChI=1S/C18H32O2/c1-4-16(19)20-18(5-2,6-3)17-12-9-7-8-10-15(14-17)11-13-17/h15H,4-14H2,1-3H3. The van der Waals surface area contributed by atoms with E-state index in [1.165, 1.54) is 51.4 Å². The molecule has 0 amide bonds. The molecule has 0 aromatic heterocycles. The molecule has 116 valence electrons. The second kappa shape index (κ2) is 6.49. The van der Waals surface area contributed by atoms with Gasteiger partial charge in [0, 0.05) is 11.8 Å². The van der Waals surface area contributed by atoms with Crippen molar-refractivity contribution in [2.75, 3.05) is 0 Å². The topological polar surface area (TPSA) is 26.3 Å². The predicted molar refractivity (Wildman–Crippen MR) is 82.6 cm³/mol. The fraction of sp³-hybridized carbons (Fsp3) is 0.944. The summed E-state index contributed by atoms with van der Waals surface area (Å²) in [5, 5.41) is 0. The Kier molecular flexibility index (Phi) is 5.14. The van der Waals surface area contributed by atoms with Crippen LogP contribution in [-0.4, -0.2) is 11.6 Å². The van der Waals surface area contributed by atoms with Gasteiger partial charge in [0.05, 0.1) is 0 Å². The summed E-state index contributed by atoms with van der Waals surface area (Å²) in [5.74, 6) is 0.877. The van der Waals surface area contributed by atoms with Crippen LogP contribution in [0.4, 0.5) is 0 Å². The van der Waals surface area contributed by atoms with Gasteiger partial charge in [-0.05, 0) is 44.4 Å². The van der Waals surface area contributed by atoms with E-state index in [9.17, 15) is 4.79 Å². The third-order valence-corrected chi connectivity index (χ3v) is 6.18. The number of ether oxygens (including phenoxy) is 1. The Labute approximate surface area is 124 Å². The van der Waals surface area contributed by atoms with E-state index in [4.69, 9.17) is 4.74 Å². The first-order valence-electron chi connectivity index (χ1n) is 8.83. The van der Waals surface area contributed by atoms with Crippen molar-refractivity contribution in [3.8, 4) is 0 Å². The van der Waals surface area contributed by atoms with Gasteiger partial charge in [0.1, 0.15) is 5.60 Å². The lowest BCUT2D eigenvalue weighted by atomic mass is 9.63. The smallest absolute Gasteiger partial charge is 0.306 e. The molecule has 2 atom stereocenters. The molecule has 0 saturated heterocycles. The third-order valence-electron chi connectivity index (χ3n) is 6.18. The van der Waals surface area contributed by atoms with Gasteiger partial charge >= 0.3 is 5.97 Å². The highest BCUT2D eigenvalue weighted by Crippen LogP contribution is 2.58. The van der Waals surface area contributed by atoms with E-state index in [1.807, 2.05) is 6.92 Å². The molecule has 0 aromatic rings. The third kappa shape index (κ3) is 2.76. The van der Waals surface area contributed by atoms with E-state index in [2.05, 4.69) is 13.8 Å². The number of esters is 1. The summed E-state index contributed by atoms with van der Waals surface area (Å²) < 4.78 is 6.10. The van der Waals surface area contributed by atoms with Crippen molar-refractivity contribution in [3.05, 3.63) is 0 Å². The molecule has 2 unspecified atom stereocenters. The monoisotopic (exact) mass is 280 g/mol. The van der Waals surface area contributed by atoms with Crippen LogP contribution in [0.2, 0.25) is 0 Å². The van der Waals surface area contributed by atoms with Crippen molar-refractivity contribution >= 4 is 5.97 Å². The van der Waals surface area contributed by atoms with Crippen molar-refractivity contribution < 1.29 is 9.53 Å². The van der Waals surface area contributed by atoms with Gasteiger partial charge in [-0.1, -0.05) is 46.5 Å². The lowest BCUT2D eigenvalue weighted by molar-refractivity contribution is -0.182. The van der Waals surface area contributed by atoms with E-state index < -0.39 is 0 Å². The largest absolute Gasteiger partial charge is 0.458 e. The second-order valence-electron chi connectivity index (χ2n) is 7.02. The summed E-state index contributed by atoms with van der Waals surface area (Å²) in [6.07, 6.45) is 13.1. The molecule has 0 N–H and O–H groups in total. The summed E-state index contributed by atoms with van der Waals surface area (Å²) >= 11 is 0. The Morgan fingerprint density at radius 1 is 1.10 bits per heavy atom. The van der Waals surface area contributed by atoms with Gasteiger partial charge in [-0.25, -0.2) is 0 Å². The van der Waals surface area contributed by atoms with Crippen LogP contribution in [0.1, 0.15) is 91.4 Å². The molecule has 2 nitrogen and oxygen atoms in total. The molecule has 2 bridgehead atoms. The molecule has 2 fully saturated rings. The van der Waals surface area contributed by atoms with Crippen LogP contribution >= 0.6 is 0 Å². The SMILES string of the molecule is CCC(=O)OC(CC)(CC)C12CCCCCC(CC1)C2. The average molecular weight is 280 g/mol. The minimum atomic E-state index is -0.202. The van der Waals surface area contributed by atoms with Gasteiger partial charge in [-0.2, -0.15) is 0 Å². The molecule has 2 aliphatic rings. The lowest BCUT2D eigenvalue weighted by Crippen LogP contribution is -2.50. The second-order valence-corrected chi connectivity index (χ2v) is 7.02. The molecule has 0 heterocycles. The Morgan fingerprint density at radius 3 is 2.50 bits per heavy atom. The van der Waals surface area contributed by atoms with Crippen LogP contribution < -0.4 is 0 Å². The molecule has 0 spiro atoms. The van der Waals surface area contributed by atoms with Gasteiger partial charge in [-0.15, -0.1) is 0 Å². The maximum absolute atomic E-state index is 12.0. The summed E-state index contributed by atoms with van der Waals surface area (Å²) in [5.41, 5.74) is 0.0681. The van der Waals surface area contributed by atoms with Gasteiger partial charge in [-0.3, -0.25) is 4.79 Å². The molecular formula is C18H32O2. The van der Waals surface area contributed by atoms with Crippen LogP contribution in [0, 0.1) is 11.3 Å². The first-order chi connectivity index (χ1) is 9.61. The summed E-state index contributed by atoms with van der Waals surface area (Å²) in [6.45, 7) is 6.34. The van der Waals surface area contributed by atoms with Gasteiger partial charge in [0.15, 0.2) is 0 Å². The fourth-order valence-corrected chi connectivity index (χ4v) is 4.97. The number of fused-ring (bicyclic) bond motifs is 2. The first kappa shape index (κ1) is 15.9. The van der Waals surface area contributed by atoms with E-state index >= 15 is 0 Å². The number of rotatable bonds is 5. The molecular weight excluding hydrogens is 248 g/mol. The van der Waals surface area contributed by atoms with Crippen LogP contribution in [0.25, 0.3) is 0 Å². The zero-order valence-electron chi connectivity index (χ0n) is 13.7. The van der Waals surface area contributed by atoms with E-state index in [1.54, 1.807) is 0 Å². The van der Waals surface area contributed by atoms with Crippen molar-refractivity contribution in [1.82, 2.24) is 0 Å². The first-order valence-corrected chi connectivity index (χ1v) is 8.83. The zero-order chi connectivity index (χ0) is 14.6. The van der Waals surface area contributed by atoms with Crippen LogP contribution in [0.5, 0.6) is 0 Å². The number of carbonyl (C=O) groups is 1. The Bertz CT molecular complexity index is 332. The van der Waals surface area contributed by atoms with E-state index in [0.717, 1.165) is 18.8 Å². The maximum Gasteiger partial charge on any atom is 0.306 e. The van der Waals surface area contributed by atoms with Crippen molar-refractivity contribution in [2.24, 2.45) is 11.3 Å². The summed E-state index contributed by atoms with van der Waals surface area (Å²) in [6, 6.07) is 0. The van der Waals surface area contributed by atoms with Crippen LogP contribution in [-0.2, 0) is 9.53 Å². The van der Waals surface area contributed by atoms with Crippen molar-refractivity contribution in [1.29, 1.82) is 0 Å². The Hall–Kier alpha value is -0.530. The highest BCUT2D eigenvalue weighted by atomic mass is 16.6. The van der Waals surface area contributed by atoms with Crippen LogP contribution in [0.3, 0.4) is 0 Å². The lowest BCUT2D eigenvalue weighted by Gasteiger charge is -2.48. The zero-order valence-corrected chi connectivity index (χ0v) is 13.7. The minimum absolute atomic E-state index is 0.00594. The average Bonchev–Trinajstić information content (AvgIpc) is 2.89. The number of hydrogen-bond donors (Lipinski definition) is 0. The summed E-state index contributed by atoms with van der Waals surface area (Å²) in [4.78, 5) is 12.0. The molecule has 0 aliphatic heterocycles. The van der Waals surface area contributed by atoms with E-state index in [0.29, 0.717) is 6.42 Å². The molecule has 2 heteroatoms. The molecule has 0 aromatic carbocycles. The fourth-order valence-electron chi connectivity index (χ4n) is 4.97. The molecule has 2 saturated carbocycles. The normalized spacial score (nSPS) is 30.6. The van der Waals surface area contributed by atoms with Gasteiger partial charge < -0.3 is 4.74 Å². The van der Waals surface area contributed by atoms with Crippen LogP contribution in [0.15, 0.2) is 0 Å². The maximum atomic E-state index is 12.0.